The Hall–Kier alpha value is -1.21. The highest BCUT2D eigenvalue weighted by atomic mass is 32.2. The lowest BCUT2D eigenvalue weighted by molar-refractivity contribution is 0.441. The van der Waals surface area contributed by atoms with E-state index in [4.69, 9.17) is 18.2 Å². The van der Waals surface area contributed by atoms with E-state index in [9.17, 15) is 33.7 Å². The molecular formula is C5H5NO12S4. The smallest absolute Gasteiger partial charge is 0.282 e. The summed E-state index contributed by atoms with van der Waals surface area (Å²) in [5, 5.41) is -1.98. The second-order valence-electron chi connectivity index (χ2n) is 3.49. The van der Waals surface area contributed by atoms with E-state index in [-0.39, 0.29) is 6.20 Å². The summed E-state index contributed by atoms with van der Waals surface area (Å²) in [7, 11) is -22.7. The molecule has 13 nitrogen and oxygen atoms in total. The largest absolute Gasteiger partial charge is 0.313 e. The minimum Gasteiger partial charge on any atom is -0.282 e. The highest BCUT2D eigenvalue weighted by molar-refractivity contribution is 7.91. The normalized spacial score (nSPS) is 14.0. The third kappa shape index (κ3) is 3.76. The summed E-state index contributed by atoms with van der Waals surface area (Å²) in [6.45, 7) is 0. The molecule has 1 aromatic heterocycles. The van der Waals surface area contributed by atoms with Crippen LogP contribution in [0.15, 0.2) is 25.9 Å². The average Bonchev–Trinajstić information content (AvgIpc) is 2.22. The molecule has 1 heterocycles. The summed E-state index contributed by atoms with van der Waals surface area (Å²) >= 11 is 0. The van der Waals surface area contributed by atoms with E-state index in [0.29, 0.717) is 0 Å². The Morgan fingerprint density at radius 3 is 1.32 bits per heavy atom. The first kappa shape index (κ1) is 18.8. The summed E-state index contributed by atoms with van der Waals surface area (Å²) in [6, 6.07) is 0. The molecule has 0 bridgehead atoms. The molecule has 1 aromatic rings. The number of pyridine rings is 1. The molecule has 0 unspecified atom stereocenters. The van der Waals surface area contributed by atoms with Crippen molar-refractivity contribution in [3.63, 3.8) is 0 Å². The van der Waals surface area contributed by atoms with Gasteiger partial charge in [-0.15, -0.1) is 0 Å². The van der Waals surface area contributed by atoms with Crippen LogP contribution in [0, 0.1) is 0 Å². The molecule has 22 heavy (non-hydrogen) atoms. The first-order chi connectivity index (χ1) is 9.47. The molecule has 4 N–H and O–H groups in total. The van der Waals surface area contributed by atoms with Gasteiger partial charge in [0.1, 0.15) is 9.79 Å². The Balaban J connectivity index is 4.41. The van der Waals surface area contributed by atoms with E-state index in [1.54, 1.807) is 0 Å². The molecule has 126 valence electrons. The predicted octanol–water partition coefficient (Wildman–Crippen LogP) is -1.93. The van der Waals surface area contributed by atoms with Crippen LogP contribution >= 0.6 is 0 Å². The number of hydrogen-bond acceptors (Lipinski definition) is 9. The van der Waals surface area contributed by atoms with Gasteiger partial charge in [-0.1, -0.05) is 0 Å². The van der Waals surface area contributed by atoms with Crippen molar-refractivity contribution in [1.82, 2.24) is 4.98 Å². The van der Waals surface area contributed by atoms with E-state index in [2.05, 4.69) is 4.98 Å². The fourth-order valence-corrected chi connectivity index (χ4v) is 5.61. The summed E-state index contributed by atoms with van der Waals surface area (Å²) in [6.07, 6.45) is -0.157. The molecule has 0 aliphatic heterocycles. The Morgan fingerprint density at radius 1 is 0.636 bits per heavy atom. The fraction of sp³-hybridized carbons (Fsp3) is 0. The first-order valence-corrected chi connectivity index (χ1v) is 10.2. The maximum Gasteiger partial charge on any atom is 0.313 e. The van der Waals surface area contributed by atoms with Gasteiger partial charge in [-0.2, -0.15) is 33.7 Å². The van der Waals surface area contributed by atoms with Crippen molar-refractivity contribution in [2.24, 2.45) is 0 Å². The zero-order valence-corrected chi connectivity index (χ0v) is 13.0. The third-order valence-electron chi connectivity index (χ3n) is 1.96. The lowest BCUT2D eigenvalue weighted by Crippen LogP contribution is -2.19. The van der Waals surface area contributed by atoms with Crippen LogP contribution in [-0.4, -0.2) is 56.9 Å². The molecule has 0 radical (unpaired) electrons. The Kier molecular flexibility index (Phi) is 4.42. The monoisotopic (exact) mass is 399 g/mol. The van der Waals surface area contributed by atoms with Gasteiger partial charge in [0.25, 0.3) is 30.4 Å². The van der Waals surface area contributed by atoms with Gasteiger partial charge in [0, 0.05) is 0 Å². The SMILES string of the molecule is O=S(=O)(O)c1cnc(S(=O)(=O)O)c(S(=O)(=O)O)c1S(=O)(=O)O. The topological polar surface area (TPSA) is 230 Å². The highest BCUT2D eigenvalue weighted by Crippen LogP contribution is 2.31. The molecule has 1 rings (SSSR count). The van der Waals surface area contributed by atoms with Crippen molar-refractivity contribution < 1.29 is 51.9 Å². The third-order valence-corrected chi connectivity index (χ3v) is 5.87. The van der Waals surface area contributed by atoms with Crippen molar-refractivity contribution in [3.8, 4) is 0 Å². The fourth-order valence-electron chi connectivity index (χ4n) is 1.28. The van der Waals surface area contributed by atoms with Crippen LogP contribution in [-0.2, 0) is 40.5 Å². The zero-order valence-electron chi connectivity index (χ0n) is 9.71. The molecule has 17 heteroatoms. The average molecular weight is 399 g/mol. The minimum absolute atomic E-state index is 0.157. The van der Waals surface area contributed by atoms with Gasteiger partial charge in [0.05, 0.1) is 6.20 Å². The van der Waals surface area contributed by atoms with Gasteiger partial charge < -0.3 is 0 Å². The van der Waals surface area contributed by atoms with Crippen LogP contribution in [0.3, 0.4) is 0 Å². The standard InChI is InChI=1S/C5H5NO12S4/c7-19(8,9)2-1-6-5(22(16,17)18)4(21(13,14)15)3(2)20(10,11)12/h1H,(H,7,8,9)(H,10,11,12)(H,13,14,15)(H,16,17,18). The van der Waals surface area contributed by atoms with Crippen LogP contribution in [0.25, 0.3) is 0 Å². The Labute approximate surface area is 123 Å². The van der Waals surface area contributed by atoms with Crippen molar-refractivity contribution in [2.45, 2.75) is 19.7 Å². The van der Waals surface area contributed by atoms with Crippen molar-refractivity contribution in [1.29, 1.82) is 0 Å². The van der Waals surface area contributed by atoms with Crippen LogP contribution in [0.5, 0.6) is 0 Å². The van der Waals surface area contributed by atoms with Gasteiger partial charge in [-0.3, -0.25) is 18.2 Å². The van der Waals surface area contributed by atoms with Gasteiger partial charge in [0.15, 0.2) is 4.90 Å². The Morgan fingerprint density at radius 2 is 1.05 bits per heavy atom. The number of hydrogen-bond donors (Lipinski definition) is 4. The Bertz CT molecular complexity index is 958. The number of aromatic nitrogens is 1. The van der Waals surface area contributed by atoms with Crippen LogP contribution < -0.4 is 0 Å². The van der Waals surface area contributed by atoms with Gasteiger partial charge in [0.2, 0.25) is 5.03 Å². The van der Waals surface area contributed by atoms with Gasteiger partial charge in [-0.05, 0) is 0 Å². The minimum atomic E-state index is -5.83. The molecule has 0 amide bonds. The van der Waals surface area contributed by atoms with Gasteiger partial charge in [-0.25, -0.2) is 4.98 Å². The van der Waals surface area contributed by atoms with E-state index in [1.165, 1.54) is 0 Å². The highest BCUT2D eigenvalue weighted by Gasteiger charge is 2.39. The number of rotatable bonds is 4. The summed E-state index contributed by atoms with van der Waals surface area (Å²) in [4.78, 5) is -3.61. The van der Waals surface area contributed by atoms with Crippen LogP contribution in [0.4, 0.5) is 0 Å². The summed E-state index contributed by atoms with van der Waals surface area (Å²) in [5.74, 6) is 0. The lowest BCUT2D eigenvalue weighted by atomic mass is 10.5. The molecule has 0 saturated carbocycles. The molecule has 0 atom stereocenters. The van der Waals surface area contributed by atoms with E-state index < -0.39 is 60.2 Å². The summed E-state index contributed by atoms with van der Waals surface area (Å²) < 4.78 is 124. The second-order valence-corrected chi connectivity index (χ2v) is 8.93. The zero-order chi connectivity index (χ0) is 17.7. The van der Waals surface area contributed by atoms with Gasteiger partial charge >= 0.3 is 10.1 Å². The molecule has 0 saturated heterocycles. The first-order valence-electron chi connectivity index (χ1n) is 4.40. The van der Waals surface area contributed by atoms with Crippen molar-refractivity contribution >= 4 is 40.5 Å². The lowest BCUT2D eigenvalue weighted by Gasteiger charge is -2.10. The molecular weight excluding hydrogens is 394 g/mol. The van der Waals surface area contributed by atoms with E-state index in [0.717, 1.165) is 0 Å². The maximum absolute atomic E-state index is 11.1. The molecule has 0 aliphatic carbocycles. The maximum atomic E-state index is 11.1. The summed E-state index contributed by atoms with van der Waals surface area (Å²) in [5.41, 5.74) is 0. The molecule has 0 fully saturated rings. The second kappa shape index (κ2) is 5.16. The van der Waals surface area contributed by atoms with Crippen molar-refractivity contribution in [3.05, 3.63) is 6.20 Å². The predicted molar refractivity (Wildman–Crippen MR) is 63.5 cm³/mol. The van der Waals surface area contributed by atoms with Crippen LogP contribution in [0.1, 0.15) is 0 Å². The van der Waals surface area contributed by atoms with E-state index in [1.807, 2.05) is 0 Å². The van der Waals surface area contributed by atoms with Crippen LogP contribution in [0.2, 0.25) is 0 Å². The quantitative estimate of drug-likeness (QED) is 0.404. The van der Waals surface area contributed by atoms with Crippen molar-refractivity contribution in [2.75, 3.05) is 0 Å². The number of nitrogens with zero attached hydrogens (tertiary/aromatic N) is 1. The molecule has 0 spiro atoms. The molecule has 0 aliphatic rings. The van der Waals surface area contributed by atoms with E-state index >= 15 is 0 Å². The molecule has 0 aromatic carbocycles.